The molecule has 1 atom stereocenters. The number of anilines is 1. The highest BCUT2D eigenvalue weighted by molar-refractivity contribution is 6.30. The van der Waals surface area contributed by atoms with Crippen LogP contribution < -0.4 is 11.1 Å². The SMILES string of the molecule is NC(=O)c1ccc(NC2Cc3ccc(Cl)cc3C2)cc1. The zero-order valence-corrected chi connectivity index (χ0v) is 11.7. The van der Waals surface area contributed by atoms with Crippen LogP contribution in [-0.4, -0.2) is 11.9 Å². The Kier molecular flexibility index (Phi) is 3.36. The molecule has 3 N–H and O–H groups in total. The highest BCUT2D eigenvalue weighted by Gasteiger charge is 2.21. The number of carbonyl (C=O) groups is 1. The number of hydrogen-bond donors (Lipinski definition) is 2. The largest absolute Gasteiger partial charge is 0.382 e. The third-order valence-corrected chi connectivity index (χ3v) is 3.88. The van der Waals surface area contributed by atoms with E-state index in [1.165, 1.54) is 11.1 Å². The minimum atomic E-state index is -0.403. The molecule has 0 aliphatic heterocycles. The summed E-state index contributed by atoms with van der Waals surface area (Å²) in [6, 6.07) is 13.7. The fourth-order valence-electron chi connectivity index (χ4n) is 2.66. The summed E-state index contributed by atoms with van der Waals surface area (Å²) in [6.07, 6.45) is 1.96. The van der Waals surface area contributed by atoms with E-state index in [0.717, 1.165) is 23.6 Å². The number of nitrogens with one attached hydrogen (secondary N) is 1. The van der Waals surface area contributed by atoms with Gasteiger partial charge < -0.3 is 11.1 Å². The van der Waals surface area contributed by atoms with Gasteiger partial charge >= 0.3 is 0 Å². The fraction of sp³-hybridized carbons (Fsp3) is 0.188. The van der Waals surface area contributed by atoms with Crippen molar-refractivity contribution < 1.29 is 4.79 Å². The van der Waals surface area contributed by atoms with Gasteiger partial charge in [0, 0.05) is 22.3 Å². The molecule has 3 nitrogen and oxygen atoms in total. The minimum absolute atomic E-state index is 0.364. The molecule has 0 saturated carbocycles. The van der Waals surface area contributed by atoms with E-state index in [9.17, 15) is 4.79 Å². The van der Waals surface area contributed by atoms with Crippen LogP contribution >= 0.6 is 11.6 Å². The number of carbonyl (C=O) groups excluding carboxylic acids is 1. The average Bonchev–Trinajstić information content (AvgIpc) is 2.80. The fourth-order valence-corrected chi connectivity index (χ4v) is 2.85. The lowest BCUT2D eigenvalue weighted by molar-refractivity contribution is 0.100. The van der Waals surface area contributed by atoms with Crippen LogP contribution in [0.3, 0.4) is 0 Å². The van der Waals surface area contributed by atoms with Crippen LogP contribution in [0, 0.1) is 0 Å². The Labute approximate surface area is 122 Å². The zero-order chi connectivity index (χ0) is 14.1. The average molecular weight is 287 g/mol. The summed E-state index contributed by atoms with van der Waals surface area (Å²) >= 11 is 6.01. The summed E-state index contributed by atoms with van der Waals surface area (Å²) in [6.45, 7) is 0. The van der Waals surface area contributed by atoms with E-state index in [2.05, 4.69) is 11.4 Å². The number of benzene rings is 2. The molecule has 1 amide bonds. The van der Waals surface area contributed by atoms with Gasteiger partial charge in [0.2, 0.25) is 5.91 Å². The molecular weight excluding hydrogens is 272 g/mol. The normalized spacial score (nSPS) is 16.8. The van der Waals surface area contributed by atoms with E-state index < -0.39 is 5.91 Å². The first-order valence-corrected chi connectivity index (χ1v) is 6.93. The van der Waals surface area contributed by atoms with Gasteiger partial charge in [0.15, 0.2) is 0 Å². The Morgan fingerprint density at radius 1 is 1.10 bits per heavy atom. The first kappa shape index (κ1) is 13.0. The predicted octanol–water partition coefficient (Wildman–Crippen LogP) is 3.02. The molecular formula is C16H15ClN2O. The summed E-state index contributed by atoms with van der Waals surface area (Å²) in [5.74, 6) is -0.403. The van der Waals surface area contributed by atoms with Gasteiger partial charge in [-0.2, -0.15) is 0 Å². The highest BCUT2D eigenvalue weighted by Crippen LogP contribution is 2.27. The molecule has 0 aromatic heterocycles. The molecule has 1 unspecified atom stereocenters. The van der Waals surface area contributed by atoms with Crippen molar-refractivity contribution in [3.8, 4) is 0 Å². The summed E-state index contributed by atoms with van der Waals surface area (Å²) in [7, 11) is 0. The van der Waals surface area contributed by atoms with Crippen LogP contribution in [0.4, 0.5) is 5.69 Å². The summed E-state index contributed by atoms with van der Waals surface area (Å²) in [5, 5.41) is 4.27. The molecule has 1 aliphatic rings. The highest BCUT2D eigenvalue weighted by atomic mass is 35.5. The number of amides is 1. The zero-order valence-electron chi connectivity index (χ0n) is 10.9. The van der Waals surface area contributed by atoms with E-state index >= 15 is 0 Å². The lowest BCUT2D eigenvalue weighted by Gasteiger charge is -2.13. The van der Waals surface area contributed by atoms with Gasteiger partial charge in [-0.3, -0.25) is 4.79 Å². The molecule has 0 fully saturated rings. The van der Waals surface area contributed by atoms with Crippen LogP contribution in [0.2, 0.25) is 5.02 Å². The Hall–Kier alpha value is -2.00. The van der Waals surface area contributed by atoms with Crippen molar-refractivity contribution in [1.82, 2.24) is 0 Å². The number of primary amides is 1. The predicted molar refractivity (Wildman–Crippen MR) is 81.2 cm³/mol. The van der Waals surface area contributed by atoms with E-state index in [4.69, 9.17) is 17.3 Å². The Morgan fingerprint density at radius 2 is 1.80 bits per heavy atom. The second-order valence-corrected chi connectivity index (χ2v) is 5.54. The lowest BCUT2D eigenvalue weighted by Crippen LogP contribution is -2.19. The van der Waals surface area contributed by atoms with Gasteiger partial charge in [0.05, 0.1) is 0 Å². The van der Waals surface area contributed by atoms with E-state index in [1.807, 2.05) is 24.3 Å². The van der Waals surface area contributed by atoms with Crippen molar-refractivity contribution >= 4 is 23.2 Å². The van der Waals surface area contributed by atoms with Gasteiger partial charge in [0.25, 0.3) is 0 Å². The Bertz CT molecular complexity index is 652. The molecule has 0 heterocycles. The molecule has 2 aromatic rings. The molecule has 4 heteroatoms. The van der Waals surface area contributed by atoms with Crippen molar-refractivity contribution in [2.75, 3.05) is 5.32 Å². The number of rotatable bonds is 3. The molecule has 102 valence electrons. The second kappa shape index (κ2) is 5.17. The van der Waals surface area contributed by atoms with Gasteiger partial charge in [-0.05, 0) is 60.4 Å². The van der Waals surface area contributed by atoms with Crippen molar-refractivity contribution in [2.24, 2.45) is 5.73 Å². The van der Waals surface area contributed by atoms with Crippen LogP contribution in [0.1, 0.15) is 21.5 Å². The molecule has 20 heavy (non-hydrogen) atoms. The topological polar surface area (TPSA) is 55.1 Å². The van der Waals surface area contributed by atoms with Crippen molar-refractivity contribution in [1.29, 1.82) is 0 Å². The van der Waals surface area contributed by atoms with Crippen molar-refractivity contribution in [3.63, 3.8) is 0 Å². The van der Waals surface area contributed by atoms with Crippen LogP contribution in [0.15, 0.2) is 42.5 Å². The second-order valence-electron chi connectivity index (χ2n) is 5.10. The maximum Gasteiger partial charge on any atom is 0.248 e. The third-order valence-electron chi connectivity index (χ3n) is 3.64. The van der Waals surface area contributed by atoms with Crippen LogP contribution in [0.25, 0.3) is 0 Å². The molecule has 0 radical (unpaired) electrons. The van der Waals surface area contributed by atoms with Crippen molar-refractivity contribution in [3.05, 3.63) is 64.2 Å². The number of nitrogens with two attached hydrogens (primary N) is 1. The Morgan fingerprint density at radius 3 is 2.50 bits per heavy atom. The first-order valence-electron chi connectivity index (χ1n) is 6.55. The summed E-state index contributed by atoms with van der Waals surface area (Å²) < 4.78 is 0. The minimum Gasteiger partial charge on any atom is -0.382 e. The molecule has 0 saturated heterocycles. The summed E-state index contributed by atoms with van der Waals surface area (Å²) in [5.41, 5.74) is 9.41. The standard InChI is InChI=1S/C16H15ClN2O/c17-13-4-1-11-8-15(9-12(11)7-13)19-14-5-2-10(3-6-14)16(18)20/h1-7,15,19H,8-9H2,(H2,18,20). The van der Waals surface area contributed by atoms with E-state index in [0.29, 0.717) is 11.6 Å². The number of fused-ring (bicyclic) bond motifs is 1. The maximum atomic E-state index is 11.0. The summed E-state index contributed by atoms with van der Waals surface area (Å²) in [4.78, 5) is 11.0. The third kappa shape index (κ3) is 2.63. The molecule has 3 rings (SSSR count). The van der Waals surface area contributed by atoms with E-state index in [1.54, 1.807) is 12.1 Å². The van der Waals surface area contributed by atoms with Gasteiger partial charge in [-0.1, -0.05) is 17.7 Å². The van der Waals surface area contributed by atoms with Crippen LogP contribution in [-0.2, 0) is 12.8 Å². The van der Waals surface area contributed by atoms with Crippen LogP contribution in [0.5, 0.6) is 0 Å². The number of hydrogen-bond acceptors (Lipinski definition) is 2. The molecule has 0 spiro atoms. The van der Waals surface area contributed by atoms with Gasteiger partial charge in [-0.25, -0.2) is 0 Å². The van der Waals surface area contributed by atoms with Gasteiger partial charge in [-0.15, -0.1) is 0 Å². The van der Waals surface area contributed by atoms with E-state index in [-0.39, 0.29) is 0 Å². The smallest absolute Gasteiger partial charge is 0.248 e. The molecule has 1 aliphatic carbocycles. The quantitative estimate of drug-likeness (QED) is 0.911. The number of halogens is 1. The molecule has 2 aromatic carbocycles. The monoisotopic (exact) mass is 286 g/mol. The lowest BCUT2D eigenvalue weighted by atomic mass is 10.1. The van der Waals surface area contributed by atoms with Crippen molar-refractivity contribution in [2.45, 2.75) is 18.9 Å². The first-order chi connectivity index (χ1) is 9.61. The molecule has 0 bridgehead atoms. The van der Waals surface area contributed by atoms with Gasteiger partial charge in [0.1, 0.15) is 0 Å². The maximum absolute atomic E-state index is 11.0. The Balaban J connectivity index is 1.70.